The van der Waals surface area contributed by atoms with Gasteiger partial charge in [-0.15, -0.1) is 0 Å². The lowest BCUT2D eigenvalue weighted by atomic mass is 10.1. The van der Waals surface area contributed by atoms with E-state index in [0.29, 0.717) is 10.2 Å². The van der Waals surface area contributed by atoms with Crippen molar-refractivity contribution in [3.63, 3.8) is 0 Å². The van der Waals surface area contributed by atoms with Crippen molar-refractivity contribution < 1.29 is 0 Å². The van der Waals surface area contributed by atoms with Crippen LogP contribution in [0.25, 0.3) is 0 Å². The monoisotopic (exact) mass is 282 g/mol. The summed E-state index contributed by atoms with van der Waals surface area (Å²) in [6.45, 7) is 4.85. The smallest absolute Gasteiger partial charge is 0.189 e. The number of para-hydroxylation sites is 1. The predicted molar refractivity (Wildman–Crippen MR) is 84.6 cm³/mol. The molecule has 0 spiro atoms. The third kappa shape index (κ3) is 4.85. The molecular formula is C12H18N4S2. The van der Waals surface area contributed by atoms with Crippen molar-refractivity contribution in [2.75, 3.05) is 11.9 Å². The molecule has 1 rings (SSSR count). The zero-order chi connectivity index (χ0) is 13.4. The second kappa shape index (κ2) is 7.84. The normalized spacial score (nSPS) is 9.44. The van der Waals surface area contributed by atoms with Crippen molar-refractivity contribution >= 4 is 40.3 Å². The van der Waals surface area contributed by atoms with Crippen LogP contribution in [0, 0.1) is 0 Å². The van der Waals surface area contributed by atoms with Gasteiger partial charge in [0.05, 0.1) is 0 Å². The van der Waals surface area contributed by atoms with E-state index in [2.05, 4.69) is 34.5 Å². The summed E-state index contributed by atoms with van der Waals surface area (Å²) in [5.74, 6) is 0. The molecule has 0 saturated heterocycles. The van der Waals surface area contributed by atoms with Crippen LogP contribution in [0.4, 0.5) is 5.69 Å². The van der Waals surface area contributed by atoms with Crippen LogP contribution >= 0.6 is 24.4 Å². The SMILES string of the molecule is CCNC(=S)NNC(=S)Nc1ccccc1CC. The number of hydrogen-bond donors (Lipinski definition) is 4. The summed E-state index contributed by atoms with van der Waals surface area (Å²) in [5, 5.41) is 7.09. The van der Waals surface area contributed by atoms with E-state index < -0.39 is 0 Å². The minimum absolute atomic E-state index is 0.483. The lowest BCUT2D eigenvalue weighted by molar-refractivity contribution is 0.825. The molecule has 0 bridgehead atoms. The van der Waals surface area contributed by atoms with Crippen LogP contribution in [0.5, 0.6) is 0 Å². The first-order chi connectivity index (χ1) is 8.67. The zero-order valence-corrected chi connectivity index (χ0v) is 12.2. The van der Waals surface area contributed by atoms with E-state index in [9.17, 15) is 0 Å². The lowest BCUT2D eigenvalue weighted by Gasteiger charge is -2.15. The Labute approximate surface area is 119 Å². The molecule has 4 N–H and O–H groups in total. The summed E-state index contributed by atoms with van der Waals surface area (Å²) in [5.41, 5.74) is 7.87. The number of thiocarbonyl (C=S) groups is 2. The third-order valence-corrected chi connectivity index (χ3v) is 2.72. The summed E-state index contributed by atoms with van der Waals surface area (Å²) in [6.07, 6.45) is 0.953. The topological polar surface area (TPSA) is 48.1 Å². The molecule has 0 aromatic heterocycles. The third-order valence-electron chi connectivity index (χ3n) is 2.27. The quantitative estimate of drug-likeness (QED) is 0.502. The molecule has 6 heteroatoms. The molecule has 0 aliphatic carbocycles. The van der Waals surface area contributed by atoms with Crippen LogP contribution in [-0.2, 0) is 6.42 Å². The molecule has 0 heterocycles. The molecule has 0 amide bonds. The number of nitrogens with one attached hydrogen (secondary N) is 4. The van der Waals surface area contributed by atoms with Gasteiger partial charge >= 0.3 is 0 Å². The molecule has 0 aliphatic rings. The van der Waals surface area contributed by atoms with Crippen molar-refractivity contribution in [1.82, 2.24) is 16.2 Å². The Morgan fingerprint density at radius 3 is 2.39 bits per heavy atom. The molecule has 0 unspecified atom stereocenters. The van der Waals surface area contributed by atoms with Crippen LogP contribution in [0.15, 0.2) is 24.3 Å². The first kappa shape index (κ1) is 14.7. The van der Waals surface area contributed by atoms with Gasteiger partial charge in [0.15, 0.2) is 10.2 Å². The summed E-state index contributed by atoms with van der Waals surface area (Å²) < 4.78 is 0. The minimum atomic E-state index is 0.483. The Morgan fingerprint density at radius 2 is 1.72 bits per heavy atom. The Kier molecular flexibility index (Phi) is 6.38. The van der Waals surface area contributed by atoms with Crippen LogP contribution in [0.1, 0.15) is 19.4 Å². The molecule has 0 radical (unpaired) electrons. The Bertz CT molecular complexity index is 420. The van der Waals surface area contributed by atoms with Gasteiger partial charge in [0.2, 0.25) is 0 Å². The molecule has 1 aromatic rings. The Hall–Kier alpha value is -1.40. The summed E-state index contributed by atoms with van der Waals surface area (Å²) in [6, 6.07) is 8.05. The van der Waals surface area contributed by atoms with Gasteiger partial charge in [-0.2, -0.15) is 0 Å². The summed E-state index contributed by atoms with van der Waals surface area (Å²) in [4.78, 5) is 0. The summed E-state index contributed by atoms with van der Waals surface area (Å²) >= 11 is 10.2. The molecule has 98 valence electrons. The van der Waals surface area contributed by atoms with Gasteiger partial charge in [-0.3, -0.25) is 10.9 Å². The maximum absolute atomic E-state index is 5.17. The van der Waals surface area contributed by atoms with Gasteiger partial charge in [-0.05, 0) is 49.4 Å². The molecule has 0 saturated carbocycles. The van der Waals surface area contributed by atoms with Crippen molar-refractivity contribution in [3.05, 3.63) is 29.8 Å². The van der Waals surface area contributed by atoms with Crippen molar-refractivity contribution in [2.24, 2.45) is 0 Å². The Morgan fingerprint density at radius 1 is 1.06 bits per heavy atom. The van der Waals surface area contributed by atoms with E-state index in [1.54, 1.807) is 0 Å². The number of benzene rings is 1. The van der Waals surface area contributed by atoms with Gasteiger partial charge in [0.25, 0.3) is 0 Å². The maximum atomic E-state index is 5.17. The highest BCUT2D eigenvalue weighted by atomic mass is 32.1. The lowest BCUT2D eigenvalue weighted by Crippen LogP contribution is -2.48. The average Bonchev–Trinajstić information content (AvgIpc) is 2.37. The molecule has 0 fully saturated rings. The fraction of sp³-hybridized carbons (Fsp3) is 0.333. The first-order valence-electron chi connectivity index (χ1n) is 5.86. The van der Waals surface area contributed by atoms with Crippen LogP contribution in [0.3, 0.4) is 0 Å². The van der Waals surface area contributed by atoms with E-state index in [0.717, 1.165) is 18.7 Å². The number of aryl methyl sites for hydroxylation is 1. The van der Waals surface area contributed by atoms with E-state index in [1.165, 1.54) is 5.56 Å². The van der Waals surface area contributed by atoms with Crippen molar-refractivity contribution in [3.8, 4) is 0 Å². The standard InChI is InChI=1S/C12H18N4S2/c1-3-9-7-5-6-8-10(9)14-12(18)16-15-11(17)13-4-2/h5-8H,3-4H2,1-2H3,(H2,13,15,17)(H2,14,16,18). The maximum Gasteiger partial charge on any atom is 0.189 e. The first-order valence-corrected chi connectivity index (χ1v) is 6.67. The number of hydrogen-bond acceptors (Lipinski definition) is 2. The Balaban J connectivity index is 2.47. The van der Waals surface area contributed by atoms with Gasteiger partial charge in [0, 0.05) is 12.2 Å². The van der Waals surface area contributed by atoms with E-state index >= 15 is 0 Å². The van der Waals surface area contributed by atoms with E-state index in [1.807, 2.05) is 25.1 Å². The average molecular weight is 282 g/mol. The zero-order valence-electron chi connectivity index (χ0n) is 10.5. The molecular weight excluding hydrogens is 264 g/mol. The van der Waals surface area contributed by atoms with Gasteiger partial charge in [0.1, 0.15) is 0 Å². The number of anilines is 1. The number of rotatable bonds is 3. The predicted octanol–water partition coefficient (Wildman–Crippen LogP) is 1.93. The van der Waals surface area contributed by atoms with Crippen LogP contribution in [0.2, 0.25) is 0 Å². The highest BCUT2D eigenvalue weighted by Gasteiger charge is 2.02. The minimum Gasteiger partial charge on any atom is -0.362 e. The highest BCUT2D eigenvalue weighted by Crippen LogP contribution is 2.14. The van der Waals surface area contributed by atoms with Crippen molar-refractivity contribution in [2.45, 2.75) is 20.3 Å². The molecule has 0 atom stereocenters. The largest absolute Gasteiger partial charge is 0.362 e. The van der Waals surface area contributed by atoms with E-state index in [4.69, 9.17) is 24.4 Å². The van der Waals surface area contributed by atoms with Crippen LogP contribution in [-0.4, -0.2) is 16.8 Å². The highest BCUT2D eigenvalue weighted by molar-refractivity contribution is 7.80. The van der Waals surface area contributed by atoms with Gasteiger partial charge < -0.3 is 10.6 Å². The molecule has 4 nitrogen and oxygen atoms in total. The second-order valence-corrected chi connectivity index (χ2v) is 4.39. The second-order valence-electron chi connectivity index (χ2n) is 3.57. The molecule has 1 aromatic carbocycles. The molecule has 0 aliphatic heterocycles. The van der Waals surface area contributed by atoms with Gasteiger partial charge in [-0.1, -0.05) is 25.1 Å². The fourth-order valence-electron chi connectivity index (χ4n) is 1.42. The van der Waals surface area contributed by atoms with Crippen LogP contribution < -0.4 is 21.5 Å². The molecule has 18 heavy (non-hydrogen) atoms. The summed E-state index contributed by atoms with van der Waals surface area (Å²) in [7, 11) is 0. The van der Waals surface area contributed by atoms with E-state index in [-0.39, 0.29) is 0 Å². The fourth-order valence-corrected chi connectivity index (χ4v) is 1.78. The van der Waals surface area contributed by atoms with Gasteiger partial charge in [-0.25, -0.2) is 0 Å². The van der Waals surface area contributed by atoms with Crippen molar-refractivity contribution in [1.29, 1.82) is 0 Å². The number of hydrazine groups is 1.